The fraction of sp³-hybridized carbons (Fsp3) is 0.227. The van der Waals surface area contributed by atoms with Gasteiger partial charge in [-0.15, -0.1) is 0 Å². The molecule has 1 aliphatic heterocycles. The van der Waals surface area contributed by atoms with E-state index in [1.807, 2.05) is 30.3 Å². The lowest BCUT2D eigenvalue weighted by Gasteiger charge is -2.19. The minimum Gasteiger partial charge on any atom is -0.492 e. The van der Waals surface area contributed by atoms with Crippen LogP contribution in [0.5, 0.6) is 5.75 Å². The van der Waals surface area contributed by atoms with Gasteiger partial charge in [-0.1, -0.05) is 43.3 Å². The van der Waals surface area contributed by atoms with Gasteiger partial charge >= 0.3 is 0 Å². The minimum atomic E-state index is -0.370. The van der Waals surface area contributed by atoms with E-state index in [0.717, 1.165) is 52.8 Å². The van der Waals surface area contributed by atoms with Crippen molar-refractivity contribution in [3.05, 3.63) is 70.3 Å². The molecule has 0 bridgehead atoms. The third kappa shape index (κ3) is 3.29. The summed E-state index contributed by atoms with van der Waals surface area (Å²) in [6.45, 7) is 4.13. The largest absolute Gasteiger partial charge is 0.492 e. The van der Waals surface area contributed by atoms with Crippen molar-refractivity contribution in [2.24, 2.45) is 4.99 Å². The highest BCUT2D eigenvalue weighted by Crippen LogP contribution is 2.41. The first-order valence-corrected chi connectivity index (χ1v) is 9.41. The molecule has 0 aliphatic carbocycles. The van der Waals surface area contributed by atoms with E-state index in [2.05, 4.69) is 23.3 Å². The van der Waals surface area contributed by atoms with Crippen molar-refractivity contribution in [2.45, 2.75) is 13.3 Å². The number of rotatable bonds is 6. The third-order valence-electron chi connectivity index (χ3n) is 4.73. The highest BCUT2D eigenvalue weighted by Gasteiger charge is 2.22. The van der Waals surface area contributed by atoms with Crippen LogP contribution < -0.4 is 10.1 Å². The number of amidine groups is 1. The Morgan fingerprint density at radius 3 is 2.79 bits per heavy atom. The Bertz CT molecular complexity index is 1080. The smallest absolute Gasteiger partial charge is 0.270 e. The van der Waals surface area contributed by atoms with Crippen LogP contribution in [0.15, 0.2) is 59.6 Å². The third-order valence-corrected chi connectivity index (χ3v) is 4.73. The molecule has 1 N–H and O–H groups in total. The number of ether oxygens (including phenoxy) is 1. The van der Waals surface area contributed by atoms with Gasteiger partial charge in [0.25, 0.3) is 5.69 Å². The normalized spacial score (nSPS) is 13.2. The second kappa shape index (κ2) is 7.68. The summed E-state index contributed by atoms with van der Waals surface area (Å²) in [5.41, 5.74) is 2.58. The standard InChI is InChI=1S/C22H21N3O3/c1-2-12-28-21-19(22-23-10-11-24-22)14-15-6-3-4-9-18(15)20(21)16-7-5-8-17(13-16)25(26)27/h3-9,13-14H,2,10-12H2,1H3,(H,23,24). The SMILES string of the molecule is CCCOc1c(C2=NCCN2)cc2ccccc2c1-c1cccc([N+](=O)[O-])c1. The Morgan fingerprint density at radius 1 is 1.18 bits per heavy atom. The Labute approximate surface area is 163 Å². The van der Waals surface area contributed by atoms with Crippen LogP contribution in [0.1, 0.15) is 18.9 Å². The number of aliphatic imine (C=N–C) groups is 1. The maximum absolute atomic E-state index is 11.3. The highest BCUT2D eigenvalue weighted by atomic mass is 16.6. The molecule has 1 heterocycles. The van der Waals surface area contributed by atoms with Crippen molar-refractivity contribution < 1.29 is 9.66 Å². The molecule has 4 rings (SSSR count). The number of hydrogen-bond donors (Lipinski definition) is 1. The molecule has 6 heteroatoms. The van der Waals surface area contributed by atoms with E-state index in [1.54, 1.807) is 12.1 Å². The molecule has 0 saturated heterocycles. The van der Waals surface area contributed by atoms with E-state index < -0.39 is 0 Å². The number of non-ortho nitro benzene ring substituents is 1. The number of nitrogens with zero attached hydrogens (tertiary/aromatic N) is 2. The summed E-state index contributed by atoms with van der Waals surface area (Å²) in [5, 5.41) is 16.7. The molecule has 0 aromatic heterocycles. The maximum Gasteiger partial charge on any atom is 0.270 e. The second-order valence-electron chi connectivity index (χ2n) is 6.66. The number of fused-ring (bicyclic) bond motifs is 1. The lowest BCUT2D eigenvalue weighted by Crippen LogP contribution is -2.21. The van der Waals surface area contributed by atoms with E-state index >= 15 is 0 Å². The van der Waals surface area contributed by atoms with E-state index in [9.17, 15) is 10.1 Å². The van der Waals surface area contributed by atoms with Crippen LogP contribution in [0.4, 0.5) is 5.69 Å². The summed E-state index contributed by atoms with van der Waals surface area (Å²) < 4.78 is 6.20. The molecule has 28 heavy (non-hydrogen) atoms. The van der Waals surface area contributed by atoms with Crippen molar-refractivity contribution in [2.75, 3.05) is 19.7 Å². The zero-order chi connectivity index (χ0) is 19.5. The molecule has 0 atom stereocenters. The lowest BCUT2D eigenvalue weighted by atomic mass is 9.93. The molecule has 1 aliphatic rings. The van der Waals surface area contributed by atoms with Gasteiger partial charge in [0.05, 0.1) is 23.6 Å². The zero-order valence-electron chi connectivity index (χ0n) is 15.6. The highest BCUT2D eigenvalue weighted by molar-refractivity contribution is 6.11. The van der Waals surface area contributed by atoms with Crippen molar-refractivity contribution in [1.29, 1.82) is 0 Å². The van der Waals surface area contributed by atoms with Gasteiger partial charge in [-0.25, -0.2) is 0 Å². The van der Waals surface area contributed by atoms with Gasteiger partial charge in [-0.3, -0.25) is 15.1 Å². The van der Waals surface area contributed by atoms with Gasteiger partial charge in [0.1, 0.15) is 11.6 Å². The summed E-state index contributed by atoms with van der Waals surface area (Å²) in [6, 6.07) is 16.8. The van der Waals surface area contributed by atoms with Crippen LogP contribution >= 0.6 is 0 Å². The Hall–Kier alpha value is -3.41. The van der Waals surface area contributed by atoms with Crippen LogP contribution in [0.25, 0.3) is 21.9 Å². The molecule has 3 aromatic rings. The average Bonchev–Trinajstić information content (AvgIpc) is 3.26. The number of benzene rings is 3. The molecule has 6 nitrogen and oxygen atoms in total. The van der Waals surface area contributed by atoms with E-state index in [-0.39, 0.29) is 10.6 Å². The topological polar surface area (TPSA) is 76.8 Å². The van der Waals surface area contributed by atoms with Crippen molar-refractivity contribution in [3.63, 3.8) is 0 Å². The van der Waals surface area contributed by atoms with Gasteiger partial charge in [0, 0.05) is 24.2 Å². The molecule has 0 fully saturated rings. The van der Waals surface area contributed by atoms with Crippen LogP contribution in [0.2, 0.25) is 0 Å². The van der Waals surface area contributed by atoms with Crippen molar-refractivity contribution >= 4 is 22.3 Å². The molecule has 0 spiro atoms. The average molecular weight is 375 g/mol. The number of nitrogens with one attached hydrogen (secondary N) is 1. The van der Waals surface area contributed by atoms with Crippen LogP contribution in [-0.2, 0) is 0 Å². The van der Waals surface area contributed by atoms with Crippen LogP contribution in [-0.4, -0.2) is 30.5 Å². The molecule has 142 valence electrons. The molecule has 0 unspecified atom stereocenters. The summed E-state index contributed by atoms with van der Waals surface area (Å²) in [6.07, 6.45) is 0.862. The monoisotopic (exact) mass is 375 g/mol. The van der Waals surface area contributed by atoms with E-state index in [4.69, 9.17) is 4.74 Å². The first kappa shape index (κ1) is 18.0. The van der Waals surface area contributed by atoms with Crippen LogP contribution in [0, 0.1) is 10.1 Å². The van der Waals surface area contributed by atoms with E-state index in [0.29, 0.717) is 12.4 Å². The summed E-state index contributed by atoms with van der Waals surface area (Å²) >= 11 is 0. The number of hydrogen-bond acceptors (Lipinski definition) is 5. The zero-order valence-corrected chi connectivity index (χ0v) is 15.6. The predicted molar refractivity (Wildman–Crippen MR) is 111 cm³/mol. The van der Waals surface area contributed by atoms with Gasteiger partial charge in [0.15, 0.2) is 0 Å². The predicted octanol–water partition coefficient (Wildman–Crippen LogP) is 4.55. The first-order chi connectivity index (χ1) is 13.7. The summed E-state index contributed by atoms with van der Waals surface area (Å²) in [4.78, 5) is 15.5. The van der Waals surface area contributed by atoms with Gasteiger partial charge < -0.3 is 10.1 Å². The number of nitro benzene ring substituents is 1. The van der Waals surface area contributed by atoms with Crippen molar-refractivity contribution in [3.8, 4) is 16.9 Å². The fourth-order valence-electron chi connectivity index (χ4n) is 3.50. The van der Waals surface area contributed by atoms with Crippen molar-refractivity contribution in [1.82, 2.24) is 5.32 Å². The Morgan fingerprint density at radius 2 is 2.04 bits per heavy atom. The summed E-state index contributed by atoms with van der Waals surface area (Å²) in [5.74, 6) is 1.53. The van der Waals surface area contributed by atoms with Gasteiger partial charge in [-0.05, 0) is 28.8 Å². The number of nitro groups is 1. The van der Waals surface area contributed by atoms with Crippen LogP contribution in [0.3, 0.4) is 0 Å². The fourth-order valence-corrected chi connectivity index (χ4v) is 3.50. The molecule has 0 saturated carbocycles. The van der Waals surface area contributed by atoms with Gasteiger partial charge in [-0.2, -0.15) is 0 Å². The molecule has 0 amide bonds. The Kier molecular flexibility index (Phi) is 4.93. The van der Waals surface area contributed by atoms with E-state index in [1.165, 1.54) is 6.07 Å². The quantitative estimate of drug-likeness (QED) is 0.506. The molecular weight excluding hydrogens is 354 g/mol. The molecule has 0 radical (unpaired) electrons. The molecular formula is C22H21N3O3. The second-order valence-corrected chi connectivity index (χ2v) is 6.66. The maximum atomic E-state index is 11.3. The first-order valence-electron chi connectivity index (χ1n) is 9.41. The minimum absolute atomic E-state index is 0.0600. The Balaban J connectivity index is 2.04. The molecule has 3 aromatic carbocycles. The summed E-state index contributed by atoms with van der Waals surface area (Å²) in [7, 11) is 0. The van der Waals surface area contributed by atoms with Gasteiger partial charge in [0.2, 0.25) is 0 Å². The lowest BCUT2D eigenvalue weighted by molar-refractivity contribution is -0.384.